The summed E-state index contributed by atoms with van der Waals surface area (Å²) < 4.78 is 57.1. The van der Waals surface area contributed by atoms with Crippen LogP contribution >= 0.6 is 0 Å². The van der Waals surface area contributed by atoms with E-state index in [1.807, 2.05) is 18.4 Å². The molecule has 10 heteroatoms. The number of hydrogen-bond donors (Lipinski definition) is 0. The maximum absolute atomic E-state index is 13.6. The first-order chi connectivity index (χ1) is 17.6. The Balaban J connectivity index is 1.42. The Labute approximate surface area is 210 Å². The van der Waals surface area contributed by atoms with Gasteiger partial charge in [-0.1, -0.05) is 13.8 Å². The molecule has 0 bridgehead atoms. The third-order valence-electron chi connectivity index (χ3n) is 6.45. The Kier molecular flexibility index (Phi) is 6.35. The first-order valence-corrected chi connectivity index (χ1v) is 11.9. The fourth-order valence-corrected chi connectivity index (χ4v) is 4.74. The summed E-state index contributed by atoms with van der Waals surface area (Å²) in [6, 6.07) is 12.3. The molecule has 6 nitrogen and oxygen atoms in total. The second-order valence-corrected chi connectivity index (χ2v) is 9.38. The van der Waals surface area contributed by atoms with Gasteiger partial charge in [0.15, 0.2) is 0 Å². The van der Waals surface area contributed by atoms with Gasteiger partial charge in [0, 0.05) is 42.4 Å². The fourth-order valence-electron chi connectivity index (χ4n) is 4.74. The number of likely N-dealkylation sites (tertiary alicyclic amines) is 1. The summed E-state index contributed by atoms with van der Waals surface area (Å²) in [6.07, 6.45) is -1.25. The molecule has 0 aliphatic carbocycles. The molecule has 3 heterocycles. The molecule has 0 spiro atoms. The van der Waals surface area contributed by atoms with Crippen LogP contribution in [-0.4, -0.2) is 44.8 Å². The molecule has 1 atom stereocenters. The summed E-state index contributed by atoms with van der Waals surface area (Å²) in [4.78, 5) is 23.7. The molecular weight excluding hydrogens is 488 g/mol. The minimum Gasteiger partial charge on any atom is -0.406 e. The predicted octanol–water partition coefficient (Wildman–Crippen LogP) is 6.21. The zero-order valence-electron chi connectivity index (χ0n) is 20.2. The van der Waals surface area contributed by atoms with Crippen LogP contribution in [0.5, 0.6) is 5.75 Å². The van der Waals surface area contributed by atoms with Crippen LogP contribution in [-0.2, 0) is 0 Å². The number of benzene rings is 2. The zero-order valence-corrected chi connectivity index (χ0v) is 20.2. The zero-order chi connectivity index (χ0) is 26.3. The van der Waals surface area contributed by atoms with Crippen molar-refractivity contribution in [2.24, 2.45) is 0 Å². The van der Waals surface area contributed by atoms with Gasteiger partial charge >= 0.3 is 6.36 Å². The highest BCUT2D eigenvalue weighted by Gasteiger charge is 2.31. The molecule has 5 rings (SSSR count). The number of imidazole rings is 1. The number of aromatic nitrogens is 3. The summed E-state index contributed by atoms with van der Waals surface area (Å²) in [5.74, 6) is -0.0971. The smallest absolute Gasteiger partial charge is 0.406 e. The molecule has 1 amide bonds. The lowest BCUT2D eigenvalue weighted by molar-refractivity contribution is -0.274. The largest absolute Gasteiger partial charge is 0.573 e. The first-order valence-electron chi connectivity index (χ1n) is 11.9. The summed E-state index contributed by atoms with van der Waals surface area (Å²) in [5, 5.41) is 0. The normalized spacial score (nSPS) is 16.1. The van der Waals surface area contributed by atoms with E-state index in [9.17, 15) is 22.4 Å². The fraction of sp³-hybridized carbons (Fsp3) is 0.296. The van der Waals surface area contributed by atoms with Crippen molar-refractivity contribution in [3.8, 4) is 11.4 Å². The van der Waals surface area contributed by atoms with Gasteiger partial charge in [0.2, 0.25) is 0 Å². The van der Waals surface area contributed by atoms with Crippen LogP contribution < -0.4 is 4.74 Å². The van der Waals surface area contributed by atoms with Crippen LogP contribution in [0.2, 0.25) is 0 Å². The van der Waals surface area contributed by atoms with Crippen molar-refractivity contribution >= 4 is 16.9 Å². The molecule has 1 unspecified atom stereocenters. The van der Waals surface area contributed by atoms with E-state index in [2.05, 4.69) is 9.72 Å². The Morgan fingerprint density at radius 3 is 2.51 bits per heavy atom. The molecule has 0 saturated carbocycles. The van der Waals surface area contributed by atoms with Crippen LogP contribution in [0.4, 0.5) is 17.6 Å². The van der Waals surface area contributed by atoms with Crippen molar-refractivity contribution in [1.29, 1.82) is 0 Å². The van der Waals surface area contributed by atoms with Gasteiger partial charge in [-0.05, 0) is 60.5 Å². The van der Waals surface area contributed by atoms with E-state index < -0.39 is 12.2 Å². The van der Waals surface area contributed by atoms with Gasteiger partial charge in [-0.25, -0.2) is 9.37 Å². The van der Waals surface area contributed by atoms with Crippen LogP contribution in [0.1, 0.15) is 53.8 Å². The number of amides is 1. The molecule has 2 aromatic heterocycles. The van der Waals surface area contributed by atoms with Crippen molar-refractivity contribution in [2.75, 3.05) is 13.1 Å². The molecule has 37 heavy (non-hydrogen) atoms. The van der Waals surface area contributed by atoms with Crippen molar-refractivity contribution in [1.82, 2.24) is 19.4 Å². The molecule has 1 aliphatic rings. The lowest BCUT2D eigenvalue weighted by Gasteiger charge is -2.17. The second kappa shape index (κ2) is 9.49. The van der Waals surface area contributed by atoms with E-state index in [1.54, 1.807) is 41.4 Å². The Morgan fingerprint density at radius 1 is 1.08 bits per heavy atom. The van der Waals surface area contributed by atoms with Gasteiger partial charge in [-0.15, -0.1) is 13.2 Å². The Bertz CT molecular complexity index is 1450. The van der Waals surface area contributed by atoms with Crippen molar-refractivity contribution in [3.05, 3.63) is 83.7 Å². The number of fused-ring (bicyclic) bond motifs is 1. The third kappa shape index (κ3) is 5.14. The highest BCUT2D eigenvalue weighted by Crippen LogP contribution is 2.31. The van der Waals surface area contributed by atoms with Gasteiger partial charge < -0.3 is 9.64 Å². The predicted molar refractivity (Wildman–Crippen MR) is 129 cm³/mol. The molecule has 0 radical (unpaired) electrons. The number of ether oxygens (including phenoxy) is 1. The molecular formula is C27H24F4N4O2. The number of hydrogen-bond acceptors (Lipinski definition) is 4. The maximum atomic E-state index is 13.6. The molecule has 1 fully saturated rings. The Hall–Kier alpha value is -3.95. The number of alkyl halides is 3. The van der Waals surface area contributed by atoms with E-state index in [4.69, 9.17) is 4.98 Å². The number of rotatable bonds is 5. The van der Waals surface area contributed by atoms with Gasteiger partial charge in [0.1, 0.15) is 17.4 Å². The molecule has 2 aromatic carbocycles. The van der Waals surface area contributed by atoms with Gasteiger partial charge in [-0.3, -0.25) is 14.3 Å². The molecule has 1 aliphatic heterocycles. The minimum absolute atomic E-state index is 0.0110. The minimum atomic E-state index is -4.77. The van der Waals surface area contributed by atoms with E-state index in [0.29, 0.717) is 35.7 Å². The SMILES string of the molecule is CC(C)c1nc2cc(C(=O)N3CCC(c4cncc(F)c4)C3)ccc2n1-c1ccc(OC(F)(F)F)cc1. The van der Waals surface area contributed by atoms with Crippen LogP contribution in [0, 0.1) is 5.82 Å². The molecule has 192 valence electrons. The summed E-state index contributed by atoms with van der Waals surface area (Å²) in [6.45, 7) is 4.96. The van der Waals surface area contributed by atoms with E-state index >= 15 is 0 Å². The van der Waals surface area contributed by atoms with E-state index in [-0.39, 0.29) is 23.5 Å². The van der Waals surface area contributed by atoms with Crippen molar-refractivity contribution < 1.29 is 27.1 Å². The molecule has 4 aromatic rings. The third-order valence-corrected chi connectivity index (χ3v) is 6.45. The summed E-state index contributed by atoms with van der Waals surface area (Å²) in [7, 11) is 0. The lowest BCUT2D eigenvalue weighted by atomic mass is 10.0. The average molecular weight is 513 g/mol. The maximum Gasteiger partial charge on any atom is 0.573 e. The lowest BCUT2D eigenvalue weighted by Crippen LogP contribution is -2.28. The highest BCUT2D eigenvalue weighted by atomic mass is 19.4. The van der Waals surface area contributed by atoms with Gasteiger partial charge in [0.05, 0.1) is 17.2 Å². The number of pyridine rings is 1. The number of halogens is 4. The first kappa shape index (κ1) is 24.7. The molecule has 0 N–H and O–H groups in total. The second-order valence-electron chi connectivity index (χ2n) is 9.38. The molecule has 1 saturated heterocycles. The summed E-state index contributed by atoms with van der Waals surface area (Å²) in [5.41, 5.74) is 3.23. The Morgan fingerprint density at radius 2 is 1.84 bits per heavy atom. The van der Waals surface area contributed by atoms with Crippen LogP contribution in [0.25, 0.3) is 16.7 Å². The number of carbonyl (C=O) groups is 1. The topological polar surface area (TPSA) is 60.2 Å². The summed E-state index contributed by atoms with van der Waals surface area (Å²) >= 11 is 0. The van der Waals surface area contributed by atoms with Crippen LogP contribution in [0.3, 0.4) is 0 Å². The van der Waals surface area contributed by atoms with E-state index in [0.717, 1.165) is 23.7 Å². The average Bonchev–Trinajstić information content (AvgIpc) is 3.48. The highest BCUT2D eigenvalue weighted by molar-refractivity contribution is 5.98. The monoisotopic (exact) mass is 512 g/mol. The van der Waals surface area contributed by atoms with Crippen molar-refractivity contribution in [2.45, 2.75) is 38.5 Å². The standard InChI is InChI=1S/C27H24F4N4O2/c1-16(2)25-33-23-12-17(26(36)34-10-9-18(15-34)19-11-20(28)14-32-13-19)3-8-24(23)35(25)21-4-6-22(7-5-21)37-27(29,30)31/h3-8,11-14,16,18H,9-10,15H2,1-2H3. The number of carbonyl (C=O) groups excluding carboxylic acids is 1. The van der Waals surface area contributed by atoms with Crippen molar-refractivity contribution in [3.63, 3.8) is 0 Å². The van der Waals surface area contributed by atoms with Crippen LogP contribution in [0.15, 0.2) is 60.9 Å². The van der Waals surface area contributed by atoms with Gasteiger partial charge in [0.25, 0.3) is 5.91 Å². The number of nitrogens with zero attached hydrogens (tertiary/aromatic N) is 4. The quantitative estimate of drug-likeness (QED) is 0.298. The van der Waals surface area contributed by atoms with E-state index in [1.165, 1.54) is 18.2 Å². The van der Waals surface area contributed by atoms with Gasteiger partial charge in [-0.2, -0.15) is 0 Å².